The quantitative estimate of drug-likeness (QED) is 0.439. The number of allylic oxidation sites excluding steroid dienone is 4. The fraction of sp³-hybridized carbons (Fsp3) is 0.765. The van der Waals surface area contributed by atoms with Gasteiger partial charge in [-0.1, -0.05) is 62.8 Å². The van der Waals surface area contributed by atoms with Gasteiger partial charge in [0.1, 0.15) is 0 Å². The molecule has 0 saturated carbocycles. The van der Waals surface area contributed by atoms with Crippen molar-refractivity contribution in [2.24, 2.45) is 0 Å². The zero-order chi connectivity index (χ0) is 12.0. The van der Waals surface area contributed by atoms with Crippen LogP contribution in [-0.2, 0) is 0 Å². The standard InChI is InChI=1S/C12H22.C5H8/c1-2-4-6-8-10-12-11-9-7-5-3-1;1-2-4-5-3-1/h1-2H,3-12H2;1-2H,3-5H2. The van der Waals surface area contributed by atoms with Gasteiger partial charge in [0.2, 0.25) is 0 Å². The normalized spacial score (nSPS) is 22.1. The molecule has 0 heterocycles. The third-order valence-corrected chi connectivity index (χ3v) is 3.57. The Kier molecular flexibility index (Phi) is 10.2. The summed E-state index contributed by atoms with van der Waals surface area (Å²) in [6.07, 6.45) is 27.5. The highest BCUT2D eigenvalue weighted by molar-refractivity contribution is 4.88. The highest BCUT2D eigenvalue weighted by Crippen LogP contribution is 2.12. The van der Waals surface area contributed by atoms with E-state index in [0.29, 0.717) is 0 Å². The van der Waals surface area contributed by atoms with Gasteiger partial charge in [0.05, 0.1) is 0 Å². The topological polar surface area (TPSA) is 0 Å². The molecule has 2 aliphatic carbocycles. The van der Waals surface area contributed by atoms with Crippen LogP contribution >= 0.6 is 0 Å². The molecule has 2 aliphatic rings. The summed E-state index contributed by atoms with van der Waals surface area (Å²) in [6.45, 7) is 0. The van der Waals surface area contributed by atoms with E-state index in [1.807, 2.05) is 0 Å². The Labute approximate surface area is 108 Å². The van der Waals surface area contributed by atoms with Crippen LogP contribution in [0.15, 0.2) is 24.3 Å². The van der Waals surface area contributed by atoms with E-state index in [1.54, 1.807) is 0 Å². The Hall–Kier alpha value is -0.520. The number of hydrogen-bond acceptors (Lipinski definition) is 0. The first-order chi connectivity index (χ1) is 8.50. The van der Waals surface area contributed by atoms with Gasteiger partial charge in [-0.25, -0.2) is 0 Å². The van der Waals surface area contributed by atoms with Gasteiger partial charge in [0.25, 0.3) is 0 Å². The lowest BCUT2D eigenvalue weighted by atomic mass is 10.0. The molecule has 0 heteroatoms. The first-order valence-electron chi connectivity index (χ1n) is 7.80. The highest BCUT2D eigenvalue weighted by atomic mass is 14.0. The van der Waals surface area contributed by atoms with E-state index in [9.17, 15) is 0 Å². The molecule has 0 spiro atoms. The SMILES string of the molecule is C1=CCCC1.C1=CCCCCCCCCCC1. The highest BCUT2D eigenvalue weighted by Gasteiger charge is 1.92. The monoisotopic (exact) mass is 234 g/mol. The Morgan fingerprint density at radius 2 is 0.588 bits per heavy atom. The first-order valence-corrected chi connectivity index (χ1v) is 7.80. The van der Waals surface area contributed by atoms with Gasteiger partial charge in [-0.2, -0.15) is 0 Å². The van der Waals surface area contributed by atoms with Crippen molar-refractivity contribution < 1.29 is 0 Å². The van der Waals surface area contributed by atoms with Gasteiger partial charge >= 0.3 is 0 Å². The van der Waals surface area contributed by atoms with Crippen LogP contribution in [0.4, 0.5) is 0 Å². The van der Waals surface area contributed by atoms with Crippen molar-refractivity contribution >= 4 is 0 Å². The van der Waals surface area contributed by atoms with Crippen LogP contribution in [0.5, 0.6) is 0 Å². The molecule has 0 radical (unpaired) electrons. The van der Waals surface area contributed by atoms with Crippen molar-refractivity contribution in [2.75, 3.05) is 0 Å². The van der Waals surface area contributed by atoms with E-state index in [0.717, 1.165) is 0 Å². The maximum atomic E-state index is 2.38. The molecule has 0 nitrogen and oxygen atoms in total. The van der Waals surface area contributed by atoms with Gasteiger partial charge in [-0.05, 0) is 44.9 Å². The maximum absolute atomic E-state index is 2.38. The molecule has 0 aliphatic heterocycles. The van der Waals surface area contributed by atoms with Crippen molar-refractivity contribution in [3.63, 3.8) is 0 Å². The van der Waals surface area contributed by atoms with Crippen LogP contribution in [0.25, 0.3) is 0 Å². The molecule has 0 saturated heterocycles. The van der Waals surface area contributed by atoms with Crippen molar-refractivity contribution in [3.05, 3.63) is 24.3 Å². The summed E-state index contributed by atoms with van der Waals surface area (Å²) in [6, 6.07) is 0. The zero-order valence-electron chi connectivity index (χ0n) is 11.5. The summed E-state index contributed by atoms with van der Waals surface area (Å²) in [5.41, 5.74) is 0. The molecule has 0 aromatic heterocycles. The van der Waals surface area contributed by atoms with Gasteiger partial charge in [-0.3, -0.25) is 0 Å². The van der Waals surface area contributed by atoms with Crippen LogP contribution in [0.1, 0.15) is 83.5 Å². The Morgan fingerprint density at radius 1 is 0.294 bits per heavy atom. The van der Waals surface area contributed by atoms with Crippen LogP contribution in [-0.4, -0.2) is 0 Å². The molecule has 0 aromatic rings. The summed E-state index contributed by atoms with van der Waals surface area (Å²) < 4.78 is 0. The smallest absolute Gasteiger partial charge is 0.0348 e. The molecule has 0 aromatic carbocycles. The molecule has 98 valence electrons. The lowest BCUT2D eigenvalue weighted by molar-refractivity contribution is 0.566. The van der Waals surface area contributed by atoms with E-state index in [2.05, 4.69) is 24.3 Å². The molecule has 0 atom stereocenters. The zero-order valence-corrected chi connectivity index (χ0v) is 11.5. The summed E-state index contributed by atoms with van der Waals surface area (Å²) >= 11 is 0. The van der Waals surface area contributed by atoms with Gasteiger partial charge in [0.15, 0.2) is 0 Å². The predicted molar refractivity (Wildman–Crippen MR) is 78.3 cm³/mol. The van der Waals surface area contributed by atoms with Crippen molar-refractivity contribution in [2.45, 2.75) is 83.5 Å². The second kappa shape index (κ2) is 12.0. The fourth-order valence-corrected chi connectivity index (χ4v) is 2.41. The molecule has 2 rings (SSSR count). The van der Waals surface area contributed by atoms with Crippen molar-refractivity contribution in [1.29, 1.82) is 0 Å². The van der Waals surface area contributed by atoms with Crippen LogP contribution in [0.3, 0.4) is 0 Å². The average molecular weight is 234 g/mol. The molecule has 17 heavy (non-hydrogen) atoms. The van der Waals surface area contributed by atoms with Gasteiger partial charge in [0, 0.05) is 0 Å². The lowest BCUT2D eigenvalue weighted by Gasteiger charge is -2.02. The molecular formula is C17H30. The third kappa shape index (κ3) is 10.4. The summed E-state index contributed by atoms with van der Waals surface area (Å²) in [5, 5.41) is 0. The average Bonchev–Trinajstić information content (AvgIpc) is 2.88. The summed E-state index contributed by atoms with van der Waals surface area (Å²) in [5.74, 6) is 0. The number of hydrogen-bond donors (Lipinski definition) is 0. The lowest BCUT2D eigenvalue weighted by Crippen LogP contribution is -1.82. The van der Waals surface area contributed by atoms with E-state index in [1.165, 1.54) is 83.5 Å². The largest absolute Gasteiger partial charge is 0.0885 e. The number of rotatable bonds is 0. The maximum Gasteiger partial charge on any atom is -0.0348 e. The van der Waals surface area contributed by atoms with Crippen LogP contribution in [0.2, 0.25) is 0 Å². The van der Waals surface area contributed by atoms with Gasteiger partial charge in [-0.15, -0.1) is 0 Å². The van der Waals surface area contributed by atoms with E-state index in [4.69, 9.17) is 0 Å². The Balaban J connectivity index is 0.000000239. The minimum Gasteiger partial charge on any atom is -0.0885 e. The summed E-state index contributed by atoms with van der Waals surface area (Å²) in [7, 11) is 0. The molecule has 0 bridgehead atoms. The molecule has 0 unspecified atom stereocenters. The molecule has 0 N–H and O–H groups in total. The fourth-order valence-electron chi connectivity index (χ4n) is 2.41. The molecule has 0 fully saturated rings. The van der Waals surface area contributed by atoms with Crippen molar-refractivity contribution in [1.82, 2.24) is 0 Å². The molecular weight excluding hydrogens is 204 g/mol. The first kappa shape index (κ1) is 14.5. The molecule has 0 amide bonds. The predicted octanol–water partition coefficient (Wildman–Crippen LogP) is 6.18. The minimum absolute atomic E-state index is 1.32. The Bertz CT molecular complexity index is 180. The van der Waals surface area contributed by atoms with Crippen LogP contribution < -0.4 is 0 Å². The van der Waals surface area contributed by atoms with E-state index < -0.39 is 0 Å². The second-order valence-electron chi connectivity index (χ2n) is 5.28. The minimum atomic E-state index is 1.32. The second-order valence-corrected chi connectivity index (χ2v) is 5.28. The van der Waals surface area contributed by atoms with Gasteiger partial charge < -0.3 is 0 Å². The van der Waals surface area contributed by atoms with Crippen LogP contribution in [0, 0.1) is 0 Å². The van der Waals surface area contributed by atoms with E-state index in [-0.39, 0.29) is 0 Å². The third-order valence-electron chi connectivity index (χ3n) is 3.57. The van der Waals surface area contributed by atoms with Crippen molar-refractivity contribution in [3.8, 4) is 0 Å². The summed E-state index contributed by atoms with van der Waals surface area (Å²) in [4.78, 5) is 0. The van der Waals surface area contributed by atoms with E-state index >= 15 is 0 Å². The Morgan fingerprint density at radius 3 is 0.882 bits per heavy atom.